The van der Waals surface area contributed by atoms with Gasteiger partial charge in [0.05, 0.1) is 13.3 Å². The number of aromatic nitrogens is 4. The SMILES string of the molecule is CCn1ccc(S(=O)(=O)Nc2cn(C(F)F)nc2C(=O)OC)n1. The second-order valence-corrected chi connectivity index (χ2v) is 5.89. The number of nitrogens with one attached hydrogen (secondary N) is 1. The van der Waals surface area contributed by atoms with Crippen molar-refractivity contribution in [1.82, 2.24) is 19.6 Å². The molecule has 0 bridgehead atoms. The number of halogens is 2. The Hall–Kier alpha value is -2.50. The normalized spacial score (nSPS) is 11.7. The molecule has 1 N–H and O–H groups in total. The molecule has 2 aromatic heterocycles. The van der Waals surface area contributed by atoms with Gasteiger partial charge in [0.25, 0.3) is 10.0 Å². The molecule has 0 aliphatic carbocycles. The fraction of sp³-hybridized carbons (Fsp3) is 0.364. The van der Waals surface area contributed by atoms with Gasteiger partial charge in [-0.2, -0.15) is 27.4 Å². The summed E-state index contributed by atoms with van der Waals surface area (Å²) in [5, 5.41) is 6.81. The van der Waals surface area contributed by atoms with E-state index in [1.807, 2.05) is 4.72 Å². The van der Waals surface area contributed by atoms with Crippen LogP contribution in [0.5, 0.6) is 0 Å². The minimum atomic E-state index is -4.17. The van der Waals surface area contributed by atoms with Gasteiger partial charge in [0, 0.05) is 12.7 Å². The van der Waals surface area contributed by atoms with Gasteiger partial charge in [0.15, 0.2) is 10.7 Å². The number of alkyl halides is 2. The Bertz CT molecular complexity index is 814. The highest BCUT2D eigenvalue weighted by atomic mass is 32.2. The first-order chi connectivity index (χ1) is 10.8. The number of esters is 1. The van der Waals surface area contributed by atoms with Crippen LogP contribution in [0.4, 0.5) is 14.5 Å². The van der Waals surface area contributed by atoms with Crippen molar-refractivity contribution in [2.45, 2.75) is 25.0 Å². The zero-order chi connectivity index (χ0) is 17.2. The van der Waals surface area contributed by atoms with Crippen molar-refractivity contribution < 1.29 is 26.7 Å². The monoisotopic (exact) mass is 349 g/mol. The molecule has 2 heterocycles. The number of rotatable bonds is 6. The maximum Gasteiger partial charge on any atom is 0.360 e. The van der Waals surface area contributed by atoms with Crippen LogP contribution in [0.2, 0.25) is 0 Å². The van der Waals surface area contributed by atoms with Crippen LogP contribution in [0.1, 0.15) is 24.0 Å². The highest BCUT2D eigenvalue weighted by Crippen LogP contribution is 2.22. The predicted octanol–water partition coefficient (Wildman–Crippen LogP) is 1.08. The molecule has 0 fully saturated rings. The number of aryl methyl sites for hydroxylation is 1. The molecular formula is C11H13F2N5O4S. The predicted molar refractivity (Wildman–Crippen MR) is 73.5 cm³/mol. The van der Waals surface area contributed by atoms with Crippen molar-refractivity contribution in [1.29, 1.82) is 0 Å². The molecule has 0 saturated carbocycles. The molecular weight excluding hydrogens is 336 g/mol. The molecule has 9 nitrogen and oxygen atoms in total. The molecule has 0 atom stereocenters. The summed E-state index contributed by atoms with van der Waals surface area (Å²) in [5.74, 6) is -1.05. The Morgan fingerprint density at radius 2 is 2.13 bits per heavy atom. The van der Waals surface area contributed by atoms with Gasteiger partial charge >= 0.3 is 12.5 Å². The van der Waals surface area contributed by atoms with Crippen LogP contribution in [0.15, 0.2) is 23.5 Å². The van der Waals surface area contributed by atoms with Crippen molar-refractivity contribution in [2.75, 3.05) is 11.8 Å². The summed E-state index contributed by atoms with van der Waals surface area (Å²) in [6, 6.07) is 1.24. The van der Waals surface area contributed by atoms with Crippen LogP contribution < -0.4 is 4.72 Å². The first-order valence-electron chi connectivity index (χ1n) is 6.30. The number of carbonyl (C=O) groups is 1. The van der Waals surface area contributed by atoms with E-state index >= 15 is 0 Å². The summed E-state index contributed by atoms with van der Waals surface area (Å²) in [4.78, 5) is 11.5. The van der Waals surface area contributed by atoms with E-state index in [1.54, 1.807) is 6.92 Å². The van der Waals surface area contributed by atoms with Crippen molar-refractivity contribution in [2.24, 2.45) is 0 Å². The van der Waals surface area contributed by atoms with Gasteiger partial charge in [0.1, 0.15) is 5.69 Å². The summed E-state index contributed by atoms with van der Waals surface area (Å²) < 4.78 is 57.7. The van der Waals surface area contributed by atoms with Gasteiger partial charge in [-0.25, -0.2) is 9.48 Å². The first-order valence-corrected chi connectivity index (χ1v) is 7.78. The topological polar surface area (TPSA) is 108 Å². The lowest BCUT2D eigenvalue weighted by Gasteiger charge is -2.04. The number of methoxy groups -OCH3 is 1. The molecule has 0 radical (unpaired) electrons. The summed E-state index contributed by atoms with van der Waals surface area (Å²) in [6.45, 7) is -0.832. The number of anilines is 1. The molecule has 126 valence electrons. The van der Waals surface area contributed by atoms with E-state index in [-0.39, 0.29) is 9.71 Å². The third-order valence-corrected chi connectivity index (χ3v) is 4.03. The van der Waals surface area contributed by atoms with Crippen molar-refractivity contribution >= 4 is 21.7 Å². The maximum atomic E-state index is 12.7. The number of nitrogens with zero attached hydrogens (tertiary/aromatic N) is 4. The molecule has 0 amide bonds. The van der Waals surface area contributed by atoms with Gasteiger partial charge in [-0.3, -0.25) is 9.40 Å². The van der Waals surface area contributed by atoms with Crippen molar-refractivity contribution in [3.63, 3.8) is 0 Å². The van der Waals surface area contributed by atoms with Crippen LogP contribution in [0.3, 0.4) is 0 Å². The van der Waals surface area contributed by atoms with Crippen LogP contribution in [-0.2, 0) is 21.3 Å². The van der Waals surface area contributed by atoms with Gasteiger partial charge in [-0.15, -0.1) is 0 Å². The molecule has 0 saturated heterocycles. The molecule has 2 aromatic rings. The van der Waals surface area contributed by atoms with E-state index in [9.17, 15) is 22.0 Å². The van der Waals surface area contributed by atoms with Crippen LogP contribution in [0.25, 0.3) is 0 Å². The van der Waals surface area contributed by atoms with Crippen LogP contribution in [0, 0.1) is 0 Å². The lowest BCUT2D eigenvalue weighted by molar-refractivity contribution is 0.0521. The quantitative estimate of drug-likeness (QED) is 0.782. The third-order valence-electron chi connectivity index (χ3n) is 2.77. The average Bonchev–Trinajstić information content (AvgIpc) is 3.13. The van der Waals surface area contributed by atoms with E-state index in [2.05, 4.69) is 14.9 Å². The van der Waals surface area contributed by atoms with E-state index < -0.39 is 33.9 Å². The zero-order valence-electron chi connectivity index (χ0n) is 12.1. The Labute approximate surface area is 129 Å². The lowest BCUT2D eigenvalue weighted by atomic mass is 10.4. The van der Waals surface area contributed by atoms with E-state index in [4.69, 9.17) is 0 Å². The number of sulfonamides is 1. The van der Waals surface area contributed by atoms with Crippen LogP contribution >= 0.6 is 0 Å². The zero-order valence-corrected chi connectivity index (χ0v) is 12.9. The summed E-state index contributed by atoms with van der Waals surface area (Å²) in [6.07, 6.45) is 2.14. The van der Waals surface area contributed by atoms with Gasteiger partial charge < -0.3 is 4.74 Å². The molecule has 2 rings (SSSR count). The first kappa shape index (κ1) is 16.9. The number of carbonyl (C=O) groups excluding carboxylic acids is 1. The van der Waals surface area contributed by atoms with Gasteiger partial charge in [-0.05, 0) is 13.0 Å². The molecule has 0 spiro atoms. The Morgan fingerprint density at radius 1 is 1.43 bits per heavy atom. The van der Waals surface area contributed by atoms with E-state index in [0.717, 1.165) is 7.11 Å². The van der Waals surface area contributed by atoms with Crippen LogP contribution in [-0.4, -0.2) is 41.1 Å². The molecule has 23 heavy (non-hydrogen) atoms. The fourth-order valence-electron chi connectivity index (χ4n) is 1.67. The highest BCUT2D eigenvalue weighted by Gasteiger charge is 2.26. The smallest absolute Gasteiger partial charge is 0.360 e. The standard InChI is InChI=1S/C11H13F2N5O4S/c1-3-17-5-4-8(14-17)23(20,21)16-7-6-18(11(12)13)15-9(7)10(19)22-2/h4-6,11,16H,3H2,1-2H3. The molecule has 0 aliphatic heterocycles. The minimum Gasteiger partial charge on any atom is -0.464 e. The molecule has 12 heteroatoms. The Morgan fingerprint density at radius 3 is 2.65 bits per heavy atom. The lowest BCUT2D eigenvalue weighted by Crippen LogP contribution is -2.16. The average molecular weight is 349 g/mol. The summed E-state index contributed by atoms with van der Waals surface area (Å²) in [5.41, 5.74) is -1.01. The second kappa shape index (κ2) is 6.32. The van der Waals surface area contributed by atoms with Crippen molar-refractivity contribution in [3.8, 4) is 0 Å². The van der Waals surface area contributed by atoms with E-state index in [1.165, 1.54) is 16.9 Å². The maximum absolute atomic E-state index is 12.7. The second-order valence-electron chi connectivity index (χ2n) is 4.26. The summed E-state index contributed by atoms with van der Waals surface area (Å²) in [7, 11) is -3.15. The Balaban J connectivity index is 2.39. The molecule has 0 aliphatic rings. The highest BCUT2D eigenvalue weighted by molar-refractivity contribution is 7.92. The number of hydrogen-bond acceptors (Lipinski definition) is 6. The van der Waals surface area contributed by atoms with Crippen molar-refractivity contribution in [3.05, 3.63) is 24.2 Å². The van der Waals surface area contributed by atoms with E-state index in [0.29, 0.717) is 12.7 Å². The molecule has 0 unspecified atom stereocenters. The fourth-order valence-corrected chi connectivity index (χ4v) is 2.67. The number of hydrogen-bond donors (Lipinski definition) is 1. The summed E-state index contributed by atoms with van der Waals surface area (Å²) >= 11 is 0. The van der Waals surface area contributed by atoms with Gasteiger partial charge in [0.2, 0.25) is 0 Å². The Kier molecular flexibility index (Phi) is 4.63. The number of ether oxygens (including phenoxy) is 1. The minimum absolute atomic E-state index is 0.148. The largest absolute Gasteiger partial charge is 0.464 e. The molecule has 0 aromatic carbocycles. The third kappa shape index (κ3) is 3.47. The van der Waals surface area contributed by atoms with Gasteiger partial charge in [-0.1, -0.05) is 0 Å².